The SMILES string of the molecule is C=N/C=C\C(=C)CNC=O. The van der Waals surface area contributed by atoms with Gasteiger partial charge in [0.1, 0.15) is 0 Å². The largest absolute Gasteiger partial charge is 0.355 e. The fourth-order valence-corrected chi connectivity index (χ4v) is 0.390. The van der Waals surface area contributed by atoms with Gasteiger partial charge in [0.2, 0.25) is 6.41 Å². The van der Waals surface area contributed by atoms with E-state index in [0.717, 1.165) is 5.57 Å². The summed E-state index contributed by atoms with van der Waals surface area (Å²) in [6, 6.07) is 0. The van der Waals surface area contributed by atoms with Crippen molar-refractivity contribution in [2.45, 2.75) is 0 Å². The lowest BCUT2D eigenvalue weighted by Crippen LogP contribution is -2.12. The molecule has 54 valence electrons. The van der Waals surface area contributed by atoms with Gasteiger partial charge >= 0.3 is 0 Å². The summed E-state index contributed by atoms with van der Waals surface area (Å²) >= 11 is 0. The summed E-state index contributed by atoms with van der Waals surface area (Å²) in [5.74, 6) is 0. The zero-order valence-electron chi connectivity index (χ0n) is 5.71. The predicted octanol–water partition coefficient (Wildman–Crippen LogP) is 0.503. The molecule has 0 unspecified atom stereocenters. The standard InChI is InChI=1S/C7H10N2O/c1-7(3-4-8-2)5-9-6-10/h3-4,6H,1-2,5H2,(H,9,10)/b4-3-. The quantitative estimate of drug-likeness (QED) is 0.335. The topological polar surface area (TPSA) is 41.5 Å². The molecule has 0 heterocycles. The summed E-state index contributed by atoms with van der Waals surface area (Å²) in [7, 11) is 0. The fraction of sp³-hybridized carbons (Fsp3) is 0.143. The Balaban J connectivity index is 3.52. The van der Waals surface area contributed by atoms with Crippen LogP contribution in [0.2, 0.25) is 0 Å². The van der Waals surface area contributed by atoms with Crippen molar-refractivity contribution >= 4 is 13.1 Å². The zero-order chi connectivity index (χ0) is 7.82. The molecule has 1 amide bonds. The van der Waals surface area contributed by atoms with Gasteiger partial charge in [-0.05, 0) is 18.4 Å². The van der Waals surface area contributed by atoms with Gasteiger partial charge in [-0.25, -0.2) is 0 Å². The van der Waals surface area contributed by atoms with Gasteiger partial charge in [0.15, 0.2) is 0 Å². The molecule has 0 rings (SSSR count). The zero-order valence-corrected chi connectivity index (χ0v) is 5.71. The number of hydrogen-bond donors (Lipinski definition) is 1. The molecule has 0 aromatic carbocycles. The average molecular weight is 138 g/mol. The summed E-state index contributed by atoms with van der Waals surface area (Å²) in [5.41, 5.74) is 0.791. The van der Waals surface area contributed by atoms with Crippen LogP contribution >= 0.6 is 0 Å². The van der Waals surface area contributed by atoms with Crippen LogP contribution < -0.4 is 5.32 Å². The molecule has 0 radical (unpaired) electrons. The number of aliphatic imine (C=N–C) groups is 1. The monoisotopic (exact) mass is 138 g/mol. The Hall–Kier alpha value is -1.38. The molecule has 1 N–H and O–H groups in total. The first kappa shape index (κ1) is 8.62. The minimum atomic E-state index is 0.454. The van der Waals surface area contributed by atoms with E-state index in [1.165, 1.54) is 6.20 Å². The fourth-order valence-electron chi connectivity index (χ4n) is 0.390. The third-order valence-electron chi connectivity index (χ3n) is 0.828. The predicted molar refractivity (Wildman–Crippen MR) is 41.9 cm³/mol. The third-order valence-corrected chi connectivity index (χ3v) is 0.828. The van der Waals surface area contributed by atoms with Crippen LogP contribution in [0.15, 0.2) is 29.4 Å². The molecule has 3 nitrogen and oxygen atoms in total. The van der Waals surface area contributed by atoms with Gasteiger partial charge in [0.05, 0.1) is 0 Å². The van der Waals surface area contributed by atoms with Crippen LogP contribution in [-0.4, -0.2) is 19.7 Å². The molecule has 10 heavy (non-hydrogen) atoms. The second-order valence-electron chi connectivity index (χ2n) is 1.66. The molecular formula is C7H10N2O. The van der Waals surface area contributed by atoms with E-state index in [1.807, 2.05) is 0 Å². The lowest BCUT2D eigenvalue weighted by molar-refractivity contribution is -0.109. The second kappa shape index (κ2) is 5.75. The van der Waals surface area contributed by atoms with Crippen LogP contribution in [0.1, 0.15) is 0 Å². The molecule has 0 aliphatic carbocycles. The Morgan fingerprint density at radius 2 is 2.40 bits per heavy atom. The van der Waals surface area contributed by atoms with Crippen LogP contribution in [0.3, 0.4) is 0 Å². The van der Waals surface area contributed by atoms with Gasteiger partial charge in [-0.2, -0.15) is 0 Å². The van der Waals surface area contributed by atoms with Gasteiger partial charge in [-0.1, -0.05) is 6.58 Å². The molecule has 0 fully saturated rings. The van der Waals surface area contributed by atoms with Crippen LogP contribution in [0.4, 0.5) is 0 Å². The molecule has 0 saturated heterocycles. The Labute approximate surface area is 60.2 Å². The molecule has 0 spiro atoms. The van der Waals surface area contributed by atoms with E-state index >= 15 is 0 Å². The summed E-state index contributed by atoms with van der Waals surface area (Å²) < 4.78 is 0. The maximum Gasteiger partial charge on any atom is 0.207 e. The highest BCUT2D eigenvalue weighted by Gasteiger charge is 1.83. The van der Waals surface area contributed by atoms with E-state index in [-0.39, 0.29) is 0 Å². The first-order valence-electron chi connectivity index (χ1n) is 2.78. The number of nitrogens with one attached hydrogen (secondary N) is 1. The first-order valence-corrected chi connectivity index (χ1v) is 2.78. The van der Waals surface area contributed by atoms with Crippen molar-refractivity contribution in [1.82, 2.24) is 5.32 Å². The van der Waals surface area contributed by atoms with Gasteiger partial charge in [-0.3, -0.25) is 9.79 Å². The number of nitrogens with zero attached hydrogens (tertiary/aromatic N) is 1. The van der Waals surface area contributed by atoms with Gasteiger partial charge < -0.3 is 5.32 Å². The highest BCUT2D eigenvalue weighted by molar-refractivity contribution is 5.47. The van der Waals surface area contributed by atoms with Crippen LogP contribution in [0.25, 0.3) is 0 Å². The lowest BCUT2D eigenvalue weighted by Gasteiger charge is -1.94. The maximum atomic E-state index is 9.77. The second-order valence-corrected chi connectivity index (χ2v) is 1.66. The number of hydrogen-bond acceptors (Lipinski definition) is 2. The van der Waals surface area contributed by atoms with Gasteiger partial charge in [0, 0.05) is 12.7 Å². The van der Waals surface area contributed by atoms with Crippen molar-refractivity contribution < 1.29 is 4.79 Å². The summed E-state index contributed by atoms with van der Waals surface area (Å²) in [5, 5.41) is 2.46. The van der Waals surface area contributed by atoms with Crippen LogP contribution in [-0.2, 0) is 4.79 Å². The van der Waals surface area contributed by atoms with Crippen molar-refractivity contribution in [3.05, 3.63) is 24.4 Å². The Morgan fingerprint density at radius 3 is 2.90 bits per heavy atom. The normalized spacial score (nSPS) is 9.20. The van der Waals surface area contributed by atoms with Crippen molar-refractivity contribution in [1.29, 1.82) is 0 Å². The summed E-state index contributed by atoms with van der Waals surface area (Å²) in [4.78, 5) is 13.2. The number of rotatable bonds is 5. The van der Waals surface area contributed by atoms with E-state index in [0.29, 0.717) is 13.0 Å². The van der Waals surface area contributed by atoms with Crippen molar-refractivity contribution in [3.8, 4) is 0 Å². The number of carbonyl (C=O) groups is 1. The smallest absolute Gasteiger partial charge is 0.207 e. The highest BCUT2D eigenvalue weighted by atomic mass is 16.1. The maximum absolute atomic E-state index is 9.77. The highest BCUT2D eigenvalue weighted by Crippen LogP contribution is 1.88. The number of amides is 1. The molecule has 0 aliphatic rings. The van der Waals surface area contributed by atoms with Crippen LogP contribution in [0, 0.1) is 0 Å². The van der Waals surface area contributed by atoms with Crippen LogP contribution in [0.5, 0.6) is 0 Å². The molecule has 0 saturated carbocycles. The third kappa shape index (κ3) is 4.77. The lowest BCUT2D eigenvalue weighted by atomic mass is 10.3. The van der Waals surface area contributed by atoms with Crippen molar-refractivity contribution in [2.24, 2.45) is 4.99 Å². The molecule has 0 aliphatic heterocycles. The van der Waals surface area contributed by atoms with E-state index < -0.39 is 0 Å². The molecule has 0 aromatic heterocycles. The summed E-state index contributed by atoms with van der Waals surface area (Å²) in [6.45, 7) is 7.33. The molecule has 0 bridgehead atoms. The molecule has 0 atom stereocenters. The Bertz CT molecular complexity index is 161. The first-order chi connectivity index (χ1) is 4.81. The van der Waals surface area contributed by atoms with Crippen molar-refractivity contribution in [2.75, 3.05) is 6.54 Å². The molecule has 0 aromatic rings. The minimum Gasteiger partial charge on any atom is -0.355 e. The van der Waals surface area contributed by atoms with E-state index in [4.69, 9.17) is 0 Å². The molecular weight excluding hydrogens is 128 g/mol. The van der Waals surface area contributed by atoms with Gasteiger partial charge in [0.25, 0.3) is 0 Å². The summed E-state index contributed by atoms with van der Waals surface area (Å²) in [6.07, 6.45) is 3.83. The van der Waals surface area contributed by atoms with E-state index in [1.54, 1.807) is 6.08 Å². The van der Waals surface area contributed by atoms with E-state index in [2.05, 4.69) is 23.6 Å². The van der Waals surface area contributed by atoms with Crippen molar-refractivity contribution in [3.63, 3.8) is 0 Å². The Kier molecular flexibility index (Phi) is 4.96. The average Bonchev–Trinajstić information content (AvgIpc) is 1.97. The Morgan fingerprint density at radius 1 is 1.70 bits per heavy atom. The van der Waals surface area contributed by atoms with E-state index in [9.17, 15) is 4.79 Å². The molecule has 3 heteroatoms. The van der Waals surface area contributed by atoms with Gasteiger partial charge in [-0.15, -0.1) is 0 Å². The minimum absolute atomic E-state index is 0.454. The number of carbonyl (C=O) groups excluding carboxylic acids is 1.